The molecule has 0 spiro atoms. The van der Waals surface area contributed by atoms with E-state index in [1.807, 2.05) is 6.07 Å². The highest BCUT2D eigenvalue weighted by Crippen LogP contribution is 2.12. The molecule has 1 aromatic heterocycles. The molecule has 2 N–H and O–H groups in total. The van der Waals surface area contributed by atoms with Crippen LogP contribution in [-0.2, 0) is 6.42 Å². The van der Waals surface area contributed by atoms with Gasteiger partial charge in [-0.05, 0) is 43.9 Å². The van der Waals surface area contributed by atoms with E-state index in [0.717, 1.165) is 32.4 Å². The number of hydrogen-bond donors (Lipinski definition) is 2. The van der Waals surface area contributed by atoms with Gasteiger partial charge >= 0.3 is 5.63 Å². The van der Waals surface area contributed by atoms with Crippen LogP contribution in [0.25, 0.3) is 0 Å². The van der Waals surface area contributed by atoms with Crippen LogP contribution in [0.3, 0.4) is 0 Å². The van der Waals surface area contributed by atoms with Gasteiger partial charge in [0.25, 0.3) is 5.91 Å². The van der Waals surface area contributed by atoms with Crippen molar-refractivity contribution in [2.24, 2.45) is 5.92 Å². The molecular weight excluding hydrogens is 268 g/mol. The number of carbonyl (C=O) groups excluding carboxylic acids is 1. The third-order valence-electron chi connectivity index (χ3n) is 3.79. The number of rotatable bonds is 5. The van der Waals surface area contributed by atoms with Crippen LogP contribution in [-0.4, -0.2) is 25.0 Å². The van der Waals surface area contributed by atoms with Crippen molar-refractivity contribution in [1.82, 2.24) is 10.6 Å². The Bertz CT molecular complexity index is 557. The highest BCUT2D eigenvalue weighted by molar-refractivity contribution is 5.95. The molecule has 1 atom stereocenters. The number of carbonyl (C=O) groups is 1. The largest absolute Gasteiger partial charge is 0.427 e. The van der Waals surface area contributed by atoms with Crippen LogP contribution in [0.5, 0.6) is 0 Å². The second-order valence-electron chi connectivity index (χ2n) is 6.15. The zero-order valence-corrected chi connectivity index (χ0v) is 13.0. The summed E-state index contributed by atoms with van der Waals surface area (Å²) in [5.41, 5.74) is 0.292. The predicted octanol–water partition coefficient (Wildman–Crippen LogP) is 1.63. The van der Waals surface area contributed by atoms with Crippen LogP contribution in [0.2, 0.25) is 0 Å². The average molecular weight is 292 g/mol. The lowest BCUT2D eigenvalue weighted by Gasteiger charge is -2.12. The van der Waals surface area contributed by atoms with E-state index in [9.17, 15) is 9.59 Å². The van der Waals surface area contributed by atoms with Crippen molar-refractivity contribution in [3.05, 3.63) is 33.4 Å². The Morgan fingerprint density at radius 1 is 1.52 bits per heavy atom. The summed E-state index contributed by atoms with van der Waals surface area (Å²) in [6, 6.07) is 1.91. The molecule has 0 radical (unpaired) electrons. The minimum Gasteiger partial charge on any atom is -0.427 e. The van der Waals surface area contributed by atoms with E-state index in [4.69, 9.17) is 4.42 Å². The SMILES string of the molecule is Cc1cc(CCC(C)C)oc(=O)c1C(=O)N[C@H]1CCNC1. The van der Waals surface area contributed by atoms with Gasteiger partial charge in [0.15, 0.2) is 0 Å². The standard InChI is InChI=1S/C16H24N2O3/c1-10(2)4-5-13-8-11(3)14(16(20)21-13)15(19)18-12-6-7-17-9-12/h8,10,12,17H,4-7,9H2,1-3H3,(H,18,19)/t12-/m0/s1. The summed E-state index contributed by atoms with van der Waals surface area (Å²) >= 11 is 0. The molecule has 1 aliphatic rings. The minimum atomic E-state index is -0.530. The van der Waals surface area contributed by atoms with E-state index in [0.29, 0.717) is 17.2 Å². The third kappa shape index (κ3) is 4.17. The molecule has 21 heavy (non-hydrogen) atoms. The van der Waals surface area contributed by atoms with Gasteiger partial charge in [-0.15, -0.1) is 0 Å². The summed E-state index contributed by atoms with van der Waals surface area (Å²) in [5, 5.41) is 6.06. The number of amides is 1. The van der Waals surface area contributed by atoms with Crippen LogP contribution in [0, 0.1) is 12.8 Å². The Balaban J connectivity index is 2.12. The first-order valence-corrected chi connectivity index (χ1v) is 7.62. The van der Waals surface area contributed by atoms with E-state index < -0.39 is 5.63 Å². The maximum atomic E-state index is 12.2. The van der Waals surface area contributed by atoms with E-state index in [-0.39, 0.29) is 17.5 Å². The van der Waals surface area contributed by atoms with Crippen molar-refractivity contribution in [2.45, 2.75) is 46.1 Å². The van der Waals surface area contributed by atoms with Crippen molar-refractivity contribution < 1.29 is 9.21 Å². The summed E-state index contributed by atoms with van der Waals surface area (Å²) in [7, 11) is 0. The molecule has 1 aliphatic heterocycles. The maximum Gasteiger partial charge on any atom is 0.349 e. The number of aryl methyl sites for hydroxylation is 2. The fraction of sp³-hybridized carbons (Fsp3) is 0.625. The molecule has 1 amide bonds. The van der Waals surface area contributed by atoms with Gasteiger partial charge in [-0.3, -0.25) is 4.79 Å². The van der Waals surface area contributed by atoms with Gasteiger partial charge in [0.1, 0.15) is 11.3 Å². The quantitative estimate of drug-likeness (QED) is 0.865. The van der Waals surface area contributed by atoms with Crippen LogP contribution < -0.4 is 16.3 Å². The van der Waals surface area contributed by atoms with Crippen molar-refractivity contribution in [3.8, 4) is 0 Å². The summed E-state index contributed by atoms with van der Waals surface area (Å²) < 4.78 is 5.29. The van der Waals surface area contributed by atoms with E-state index in [1.165, 1.54) is 0 Å². The molecule has 0 bridgehead atoms. The second-order valence-corrected chi connectivity index (χ2v) is 6.15. The molecule has 5 heteroatoms. The van der Waals surface area contributed by atoms with Crippen molar-refractivity contribution in [1.29, 1.82) is 0 Å². The van der Waals surface area contributed by atoms with Crippen molar-refractivity contribution >= 4 is 5.91 Å². The Labute approximate surface area is 125 Å². The van der Waals surface area contributed by atoms with Gasteiger partial charge in [0, 0.05) is 19.0 Å². The lowest BCUT2D eigenvalue weighted by molar-refractivity contribution is 0.0935. The second kappa shape index (κ2) is 6.89. The Morgan fingerprint density at radius 2 is 2.29 bits per heavy atom. The predicted molar refractivity (Wildman–Crippen MR) is 81.6 cm³/mol. The van der Waals surface area contributed by atoms with E-state index >= 15 is 0 Å². The zero-order valence-electron chi connectivity index (χ0n) is 13.0. The first-order valence-electron chi connectivity index (χ1n) is 7.62. The van der Waals surface area contributed by atoms with Gasteiger partial charge in [-0.2, -0.15) is 0 Å². The molecular formula is C16H24N2O3. The van der Waals surface area contributed by atoms with Crippen LogP contribution >= 0.6 is 0 Å². The fourth-order valence-electron chi connectivity index (χ4n) is 2.54. The molecule has 0 aromatic carbocycles. The molecule has 0 saturated carbocycles. The van der Waals surface area contributed by atoms with Crippen LogP contribution in [0.15, 0.2) is 15.3 Å². The monoisotopic (exact) mass is 292 g/mol. The highest BCUT2D eigenvalue weighted by atomic mass is 16.4. The molecule has 116 valence electrons. The van der Waals surface area contributed by atoms with E-state index in [1.54, 1.807) is 6.92 Å². The van der Waals surface area contributed by atoms with Gasteiger partial charge in [0.05, 0.1) is 0 Å². The first kappa shape index (κ1) is 15.8. The molecule has 5 nitrogen and oxygen atoms in total. The van der Waals surface area contributed by atoms with Crippen LogP contribution in [0.1, 0.15) is 48.4 Å². The van der Waals surface area contributed by atoms with Crippen LogP contribution in [0.4, 0.5) is 0 Å². The number of nitrogens with one attached hydrogen (secondary N) is 2. The molecule has 1 fully saturated rings. The molecule has 0 unspecified atom stereocenters. The number of hydrogen-bond acceptors (Lipinski definition) is 4. The average Bonchev–Trinajstić information content (AvgIpc) is 2.88. The Morgan fingerprint density at radius 3 is 2.86 bits per heavy atom. The third-order valence-corrected chi connectivity index (χ3v) is 3.79. The van der Waals surface area contributed by atoms with Gasteiger partial charge in [-0.1, -0.05) is 13.8 Å². The summed E-state index contributed by atoms with van der Waals surface area (Å²) in [5.74, 6) is 0.879. The zero-order chi connectivity index (χ0) is 15.4. The first-order chi connectivity index (χ1) is 9.97. The van der Waals surface area contributed by atoms with Gasteiger partial charge in [-0.25, -0.2) is 4.79 Å². The molecule has 0 aliphatic carbocycles. The van der Waals surface area contributed by atoms with Crippen molar-refractivity contribution in [2.75, 3.05) is 13.1 Å². The summed E-state index contributed by atoms with van der Waals surface area (Å²) in [4.78, 5) is 24.3. The Hall–Kier alpha value is -1.62. The topological polar surface area (TPSA) is 71.3 Å². The molecule has 2 heterocycles. The summed E-state index contributed by atoms with van der Waals surface area (Å²) in [6.07, 6.45) is 2.58. The van der Waals surface area contributed by atoms with Gasteiger partial charge in [0.2, 0.25) is 0 Å². The fourth-order valence-corrected chi connectivity index (χ4v) is 2.54. The van der Waals surface area contributed by atoms with Crippen molar-refractivity contribution in [3.63, 3.8) is 0 Å². The molecule has 1 aromatic rings. The minimum absolute atomic E-state index is 0.0944. The molecule has 1 saturated heterocycles. The molecule has 2 rings (SSSR count). The Kier molecular flexibility index (Phi) is 5.17. The normalized spacial score (nSPS) is 18.2. The lowest BCUT2D eigenvalue weighted by Crippen LogP contribution is -2.38. The van der Waals surface area contributed by atoms with Gasteiger partial charge < -0.3 is 15.1 Å². The highest BCUT2D eigenvalue weighted by Gasteiger charge is 2.22. The lowest BCUT2D eigenvalue weighted by atomic mass is 10.0. The van der Waals surface area contributed by atoms with E-state index in [2.05, 4.69) is 24.5 Å². The summed E-state index contributed by atoms with van der Waals surface area (Å²) in [6.45, 7) is 7.69. The maximum absolute atomic E-state index is 12.2. The smallest absolute Gasteiger partial charge is 0.349 e.